The molecule has 1 aromatic carbocycles. The van der Waals surface area contributed by atoms with Crippen LogP contribution in [0.2, 0.25) is 0 Å². The van der Waals surface area contributed by atoms with E-state index >= 15 is 0 Å². The molecule has 1 saturated carbocycles. The maximum Gasteiger partial charge on any atom is 0.240 e. The number of methoxy groups -OCH3 is 2. The lowest BCUT2D eigenvalue weighted by atomic mass is 10.0. The number of hydrogen-bond acceptors (Lipinski definition) is 5. The number of carbonyl (C=O) groups excluding carboxylic acids is 2. The van der Waals surface area contributed by atoms with Gasteiger partial charge in [0, 0.05) is 32.1 Å². The Hall–Kier alpha value is -3.09. The average Bonchev–Trinajstić information content (AvgIpc) is 3.54. The van der Waals surface area contributed by atoms with Crippen molar-refractivity contribution < 1.29 is 19.1 Å². The largest absolute Gasteiger partial charge is 0.497 e. The van der Waals surface area contributed by atoms with Crippen molar-refractivity contribution >= 4 is 17.5 Å². The van der Waals surface area contributed by atoms with Crippen LogP contribution in [0.1, 0.15) is 18.4 Å². The molecule has 0 bridgehead atoms. The van der Waals surface area contributed by atoms with Gasteiger partial charge < -0.3 is 19.7 Å². The van der Waals surface area contributed by atoms with Gasteiger partial charge in [0.25, 0.3) is 0 Å². The van der Waals surface area contributed by atoms with Crippen molar-refractivity contribution in [3.63, 3.8) is 0 Å². The van der Waals surface area contributed by atoms with Crippen molar-refractivity contribution in [2.75, 3.05) is 33.1 Å². The van der Waals surface area contributed by atoms with Gasteiger partial charge in [-0.2, -0.15) is 0 Å². The highest BCUT2D eigenvalue weighted by Crippen LogP contribution is 2.48. The summed E-state index contributed by atoms with van der Waals surface area (Å²) in [5.74, 6) is 0.658. The van der Waals surface area contributed by atoms with Crippen LogP contribution in [0.4, 0.5) is 5.69 Å². The van der Waals surface area contributed by atoms with E-state index in [1.807, 2.05) is 12.1 Å². The van der Waals surface area contributed by atoms with E-state index in [0.29, 0.717) is 43.0 Å². The van der Waals surface area contributed by atoms with Crippen LogP contribution in [-0.2, 0) is 16.0 Å². The Balaban J connectivity index is 1.67. The van der Waals surface area contributed by atoms with Crippen molar-refractivity contribution in [3.05, 3.63) is 48.3 Å². The van der Waals surface area contributed by atoms with Gasteiger partial charge in [0.05, 0.1) is 19.9 Å². The monoisotopic (exact) mass is 383 g/mol. The van der Waals surface area contributed by atoms with Gasteiger partial charge in [-0.05, 0) is 49.1 Å². The molecule has 1 aliphatic rings. The molecule has 0 radical (unpaired) electrons. The number of pyridine rings is 1. The molecule has 1 heterocycles. The molecule has 3 rings (SSSR count). The van der Waals surface area contributed by atoms with Crippen LogP contribution in [0.3, 0.4) is 0 Å². The third kappa shape index (κ3) is 4.08. The molecule has 28 heavy (non-hydrogen) atoms. The van der Waals surface area contributed by atoms with Crippen molar-refractivity contribution in [1.29, 1.82) is 0 Å². The van der Waals surface area contributed by atoms with E-state index in [1.165, 1.54) is 7.11 Å². The molecule has 0 spiro atoms. The molecule has 0 unspecified atom stereocenters. The predicted octanol–water partition coefficient (Wildman–Crippen LogP) is 2.52. The molecule has 7 nitrogen and oxygen atoms in total. The molecular formula is C21H25N3O4. The SMILES string of the molecule is COc1ccc(OC)c(NC(=O)C2(C(=O)N(C)CCc3ccncc3)CC2)c1. The van der Waals surface area contributed by atoms with Crippen molar-refractivity contribution in [3.8, 4) is 11.5 Å². The first-order chi connectivity index (χ1) is 13.5. The van der Waals surface area contributed by atoms with Crippen molar-refractivity contribution in [1.82, 2.24) is 9.88 Å². The number of rotatable bonds is 8. The topological polar surface area (TPSA) is 80.8 Å². The molecule has 1 N–H and O–H groups in total. The number of hydrogen-bond donors (Lipinski definition) is 1. The fraction of sp³-hybridized carbons (Fsp3) is 0.381. The lowest BCUT2D eigenvalue weighted by Gasteiger charge is -2.23. The number of nitrogens with zero attached hydrogens (tertiary/aromatic N) is 2. The molecule has 1 aromatic heterocycles. The van der Waals surface area contributed by atoms with E-state index in [2.05, 4.69) is 10.3 Å². The zero-order valence-corrected chi connectivity index (χ0v) is 16.4. The number of aromatic nitrogens is 1. The van der Waals surface area contributed by atoms with Gasteiger partial charge in [0.15, 0.2) is 0 Å². The summed E-state index contributed by atoms with van der Waals surface area (Å²) in [6, 6.07) is 9.00. The highest BCUT2D eigenvalue weighted by Gasteiger charge is 2.57. The Morgan fingerprint density at radius 3 is 2.46 bits per heavy atom. The van der Waals surface area contributed by atoms with E-state index in [0.717, 1.165) is 5.56 Å². The number of anilines is 1. The van der Waals surface area contributed by atoms with Gasteiger partial charge in [-0.3, -0.25) is 14.6 Å². The minimum atomic E-state index is -0.999. The van der Waals surface area contributed by atoms with Gasteiger partial charge in [0.1, 0.15) is 16.9 Å². The first-order valence-electron chi connectivity index (χ1n) is 9.18. The number of amides is 2. The molecule has 1 aliphatic carbocycles. The molecule has 7 heteroatoms. The maximum absolute atomic E-state index is 13.0. The lowest BCUT2D eigenvalue weighted by Crippen LogP contribution is -2.41. The second-order valence-corrected chi connectivity index (χ2v) is 6.93. The predicted molar refractivity (Wildman–Crippen MR) is 105 cm³/mol. The molecule has 2 amide bonds. The summed E-state index contributed by atoms with van der Waals surface area (Å²) in [6.07, 6.45) is 5.27. The van der Waals surface area contributed by atoms with Gasteiger partial charge in [-0.15, -0.1) is 0 Å². The molecular weight excluding hydrogens is 358 g/mol. The Morgan fingerprint density at radius 2 is 1.86 bits per heavy atom. The zero-order chi connectivity index (χ0) is 20.1. The molecule has 0 aliphatic heterocycles. The third-order valence-corrected chi connectivity index (χ3v) is 5.08. The summed E-state index contributed by atoms with van der Waals surface area (Å²) >= 11 is 0. The van der Waals surface area contributed by atoms with E-state index in [9.17, 15) is 9.59 Å². The van der Waals surface area contributed by atoms with Gasteiger partial charge >= 0.3 is 0 Å². The quantitative estimate of drug-likeness (QED) is 0.709. The van der Waals surface area contributed by atoms with Crippen LogP contribution in [-0.4, -0.2) is 49.5 Å². The fourth-order valence-corrected chi connectivity index (χ4v) is 3.13. The van der Waals surface area contributed by atoms with E-state index in [-0.39, 0.29) is 11.8 Å². The van der Waals surface area contributed by atoms with Crippen LogP contribution >= 0.6 is 0 Å². The lowest BCUT2D eigenvalue weighted by molar-refractivity contribution is -0.141. The van der Waals surface area contributed by atoms with Crippen LogP contribution in [0, 0.1) is 5.41 Å². The molecule has 0 atom stereocenters. The number of ether oxygens (including phenoxy) is 2. The van der Waals surface area contributed by atoms with Crippen LogP contribution in [0.5, 0.6) is 11.5 Å². The van der Waals surface area contributed by atoms with Crippen LogP contribution < -0.4 is 14.8 Å². The van der Waals surface area contributed by atoms with Crippen LogP contribution in [0.25, 0.3) is 0 Å². The molecule has 1 fully saturated rings. The highest BCUT2D eigenvalue weighted by molar-refractivity contribution is 6.13. The van der Waals surface area contributed by atoms with Crippen LogP contribution in [0.15, 0.2) is 42.7 Å². The highest BCUT2D eigenvalue weighted by atomic mass is 16.5. The number of likely N-dealkylation sites (N-methyl/N-ethyl adjacent to an activating group) is 1. The molecule has 148 valence electrons. The van der Waals surface area contributed by atoms with E-state index in [4.69, 9.17) is 9.47 Å². The third-order valence-electron chi connectivity index (χ3n) is 5.08. The Labute approximate surface area is 164 Å². The maximum atomic E-state index is 13.0. The summed E-state index contributed by atoms with van der Waals surface area (Å²) in [7, 11) is 4.82. The Morgan fingerprint density at radius 1 is 1.14 bits per heavy atom. The smallest absolute Gasteiger partial charge is 0.240 e. The first-order valence-corrected chi connectivity index (χ1v) is 9.18. The Bertz CT molecular complexity index is 850. The summed E-state index contributed by atoms with van der Waals surface area (Å²) in [4.78, 5) is 31.5. The fourth-order valence-electron chi connectivity index (χ4n) is 3.13. The number of benzene rings is 1. The number of nitrogens with one attached hydrogen (secondary N) is 1. The Kier molecular flexibility index (Phi) is 5.82. The summed E-state index contributed by atoms with van der Waals surface area (Å²) in [6.45, 7) is 0.542. The summed E-state index contributed by atoms with van der Waals surface area (Å²) in [5, 5.41) is 2.85. The van der Waals surface area contributed by atoms with Gasteiger partial charge in [-0.1, -0.05) is 0 Å². The minimum Gasteiger partial charge on any atom is -0.497 e. The number of carbonyl (C=O) groups is 2. The minimum absolute atomic E-state index is 0.152. The van der Waals surface area contributed by atoms with Gasteiger partial charge in [0.2, 0.25) is 11.8 Å². The zero-order valence-electron chi connectivity index (χ0n) is 16.4. The molecule has 0 saturated heterocycles. The second-order valence-electron chi connectivity index (χ2n) is 6.93. The van der Waals surface area contributed by atoms with E-state index < -0.39 is 5.41 Å². The summed E-state index contributed by atoms with van der Waals surface area (Å²) in [5.41, 5.74) is 0.594. The van der Waals surface area contributed by atoms with Crippen molar-refractivity contribution in [2.24, 2.45) is 5.41 Å². The second kappa shape index (κ2) is 8.29. The first kappa shape index (κ1) is 19.7. The molecule has 2 aromatic rings. The van der Waals surface area contributed by atoms with Gasteiger partial charge in [-0.25, -0.2) is 0 Å². The summed E-state index contributed by atoms with van der Waals surface area (Å²) < 4.78 is 10.5. The average molecular weight is 383 g/mol. The normalized spacial score (nSPS) is 14.1. The van der Waals surface area contributed by atoms with Crippen molar-refractivity contribution in [2.45, 2.75) is 19.3 Å². The van der Waals surface area contributed by atoms with E-state index in [1.54, 1.807) is 49.7 Å². The standard InChI is InChI=1S/C21H25N3O4/c1-24(13-8-15-6-11-22-12-7-15)20(26)21(9-10-21)19(25)23-17-14-16(27-2)4-5-18(17)28-3/h4-7,11-12,14H,8-10,13H2,1-3H3,(H,23,25).